The number of ether oxygens (including phenoxy) is 1. The fourth-order valence-electron chi connectivity index (χ4n) is 3.16. The summed E-state index contributed by atoms with van der Waals surface area (Å²) in [5, 5.41) is 6.36. The SMILES string of the molecule is CCNC(=NCC1CN(CC(C)C)CCO1)NCCc1cc(F)ccc1F.I. The standard InChI is InChI=1S/C20H32F2N4O.HI/c1-4-23-20(24-8-7-16-11-17(21)5-6-19(16)22)25-12-18-14-26(9-10-27-18)13-15(2)3;/h5-6,11,15,18H,4,7-10,12-14H2,1-3H3,(H2,23,24,25);1H. The summed E-state index contributed by atoms with van der Waals surface area (Å²) in [6.45, 7) is 11.8. The van der Waals surface area contributed by atoms with Crippen molar-refractivity contribution < 1.29 is 13.5 Å². The number of guanidine groups is 1. The molecular formula is C20H33F2IN4O. The third-order valence-electron chi connectivity index (χ3n) is 4.34. The average Bonchev–Trinajstić information content (AvgIpc) is 2.62. The molecule has 1 aromatic rings. The van der Waals surface area contributed by atoms with Crippen molar-refractivity contribution >= 4 is 29.9 Å². The summed E-state index contributed by atoms with van der Waals surface area (Å²) in [6, 6.07) is 3.53. The van der Waals surface area contributed by atoms with E-state index in [1.807, 2.05) is 6.92 Å². The highest BCUT2D eigenvalue weighted by Gasteiger charge is 2.20. The second-order valence-corrected chi connectivity index (χ2v) is 7.28. The lowest BCUT2D eigenvalue weighted by molar-refractivity contribution is -0.0261. The van der Waals surface area contributed by atoms with Crippen LogP contribution < -0.4 is 10.6 Å². The minimum absolute atomic E-state index is 0. The van der Waals surface area contributed by atoms with Crippen molar-refractivity contribution in [3.05, 3.63) is 35.4 Å². The Kier molecular flexibility index (Phi) is 11.9. The van der Waals surface area contributed by atoms with Crippen LogP contribution in [-0.2, 0) is 11.2 Å². The molecule has 160 valence electrons. The first-order chi connectivity index (χ1) is 13.0. The van der Waals surface area contributed by atoms with Crippen molar-refractivity contribution in [2.24, 2.45) is 10.9 Å². The summed E-state index contributed by atoms with van der Waals surface area (Å²) < 4.78 is 32.8. The number of hydrogen-bond acceptors (Lipinski definition) is 3. The number of morpholine rings is 1. The third kappa shape index (κ3) is 9.00. The van der Waals surface area contributed by atoms with Crippen molar-refractivity contribution in [1.29, 1.82) is 0 Å². The molecule has 8 heteroatoms. The van der Waals surface area contributed by atoms with Gasteiger partial charge in [-0.15, -0.1) is 24.0 Å². The van der Waals surface area contributed by atoms with Crippen LogP contribution in [0.1, 0.15) is 26.3 Å². The highest BCUT2D eigenvalue weighted by atomic mass is 127. The molecule has 1 saturated heterocycles. The summed E-state index contributed by atoms with van der Waals surface area (Å²) in [4.78, 5) is 7.01. The van der Waals surface area contributed by atoms with Gasteiger partial charge >= 0.3 is 0 Å². The van der Waals surface area contributed by atoms with Crippen LogP contribution in [-0.4, -0.2) is 62.8 Å². The molecule has 0 bridgehead atoms. The monoisotopic (exact) mass is 510 g/mol. The van der Waals surface area contributed by atoms with Gasteiger partial charge in [-0.1, -0.05) is 13.8 Å². The van der Waals surface area contributed by atoms with Crippen LogP contribution in [0.15, 0.2) is 23.2 Å². The molecule has 1 fully saturated rings. The van der Waals surface area contributed by atoms with Gasteiger partial charge in [0.25, 0.3) is 0 Å². The van der Waals surface area contributed by atoms with Crippen molar-refractivity contribution in [3.63, 3.8) is 0 Å². The van der Waals surface area contributed by atoms with Gasteiger partial charge in [-0.05, 0) is 43.0 Å². The van der Waals surface area contributed by atoms with E-state index in [-0.39, 0.29) is 35.9 Å². The van der Waals surface area contributed by atoms with Gasteiger partial charge < -0.3 is 15.4 Å². The van der Waals surface area contributed by atoms with Crippen LogP contribution in [0.5, 0.6) is 0 Å². The Balaban J connectivity index is 0.00000392. The molecule has 28 heavy (non-hydrogen) atoms. The van der Waals surface area contributed by atoms with E-state index in [1.165, 1.54) is 6.07 Å². The Morgan fingerprint density at radius 3 is 2.82 bits per heavy atom. The minimum atomic E-state index is -0.424. The molecule has 0 saturated carbocycles. The molecule has 0 aliphatic carbocycles. The predicted molar refractivity (Wildman–Crippen MR) is 120 cm³/mol. The Morgan fingerprint density at radius 1 is 1.32 bits per heavy atom. The van der Waals surface area contributed by atoms with Crippen LogP contribution in [0.4, 0.5) is 8.78 Å². The summed E-state index contributed by atoms with van der Waals surface area (Å²) >= 11 is 0. The Bertz CT molecular complexity index is 616. The molecule has 1 heterocycles. The summed E-state index contributed by atoms with van der Waals surface area (Å²) in [7, 11) is 0. The lowest BCUT2D eigenvalue weighted by atomic mass is 10.1. The average molecular weight is 510 g/mol. The van der Waals surface area contributed by atoms with Gasteiger partial charge in [0.05, 0.1) is 19.3 Å². The molecule has 2 rings (SSSR count). The molecule has 0 radical (unpaired) electrons. The van der Waals surface area contributed by atoms with E-state index in [0.29, 0.717) is 37.0 Å². The topological polar surface area (TPSA) is 48.9 Å². The molecule has 0 aromatic heterocycles. The molecule has 1 aromatic carbocycles. The van der Waals surface area contributed by atoms with Crippen molar-refractivity contribution in [3.8, 4) is 0 Å². The maximum atomic E-state index is 13.7. The summed E-state index contributed by atoms with van der Waals surface area (Å²) in [5.41, 5.74) is 0.360. The van der Waals surface area contributed by atoms with Gasteiger partial charge in [-0.3, -0.25) is 9.89 Å². The minimum Gasteiger partial charge on any atom is -0.374 e. The van der Waals surface area contributed by atoms with E-state index in [1.54, 1.807) is 0 Å². The molecule has 0 spiro atoms. The maximum Gasteiger partial charge on any atom is 0.191 e. The number of hydrogen-bond donors (Lipinski definition) is 2. The zero-order valence-electron chi connectivity index (χ0n) is 17.0. The van der Waals surface area contributed by atoms with E-state index in [2.05, 4.69) is 34.4 Å². The van der Waals surface area contributed by atoms with Crippen LogP contribution in [0, 0.1) is 17.6 Å². The normalized spacial score (nSPS) is 18.1. The number of nitrogens with one attached hydrogen (secondary N) is 2. The van der Waals surface area contributed by atoms with Crippen LogP contribution in [0.2, 0.25) is 0 Å². The fraction of sp³-hybridized carbons (Fsp3) is 0.650. The van der Waals surface area contributed by atoms with Crippen LogP contribution >= 0.6 is 24.0 Å². The lowest BCUT2D eigenvalue weighted by Gasteiger charge is -2.33. The first kappa shape index (κ1) is 25.0. The van der Waals surface area contributed by atoms with E-state index < -0.39 is 5.82 Å². The first-order valence-corrected chi connectivity index (χ1v) is 9.78. The molecule has 1 aliphatic heterocycles. The first-order valence-electron chi connectivity index (χ1n) is 9.78. The van der Waals surface area contributed by atoms with Gasteiger partial charge in [-0.25, -0.2) is 8.78 Å². The van der Waals surface area contributed by atoms with Crippen LogP contribution in [0.25, 0.3) is 0 Å². The molecular weight excluding hydrogens is 477 g/mol. The van der Waals surface area contributed by atoms with E-state index in [4.69, 9.17) is 4.74 Å². The van der Waals surface area contributed by atoms with E-state index >= 15 is 0 Å². The largest absolute Gasteiger partial charge is 0.374 e. The fourth-order valence-corrected chi connectivity index (χ4v) is 3.16. The zero-order chi connectivity index (χ0) is 19.6. The number of nitrogens with zero attached hydrogens (tertiary/aromatic N) is 2. The van der Waals surface area contributed by atoms with Gasteiger partial charge in [0.2, 0.25) is 0 Å². The van der Waals surface area contributed by atoms with Gasteiger partial charge in [0.15, 0.2) is 5.96 Å². The number of aliphatic imine (C=N–C) groups is 1. The highest BCUT2D eigenvalue weighted by molar-refractivity contribution is 14.0. The van der Waals surface area contributed by atoms with Crippen molar-refractivity contribution in [1.82, 2.24) is 15.5 Å². The quantitative estimate of drug-likeness (QED) is 0.321. The summed E-state index contributed by atoms with van der Waals surface area (Å²) in [6.07, 6.45) is 0.462. The van der Waals surface area contributed by atoms with Crippen molar-refractivity contribution in [2.45, 2.75) is 33.3 Å². The zero-order valence-corrected chi connectivity index (χ0v) is 19.3. The Labute approximate surface area is 184 Å². The third-order valence-corrected chi connectivity index (χ3v) is 4.34. The molecule has 5 nitrogen and oxygen atoms in total. The van der Waals surface area contributed by atoms with Gasteiger partial charge in [0, 0.05) is 32.7 Å². The molecule has 0 amide bonds. The second kappa shape index (κ2) is 13.3. The van der Waals surface area contributed by atoms with Gasteiger partial charge in [-0.2, -0.15) is 0 Å². The number of rotatable bonds is 8. The van der Waals surface area contributed by atoms with E-state index in [9.17, 15) is 8.78 Å². The maximum absolute atomic E-state index is 13.7. The second-order valence-electron chi connectivity index (χ2n) is 7.28. The van der Waals surface area contributed by atoms with Crippen LogP contribution in [0.3, 0.4) is 0 Å². The molecule has 1 aliphatic rings. The lowest BCUT2D eigenvalue weighted by Crippen LogP contribution is -2.46. The Morgan fingerprint density at radius 2 is 2.11 bits per heavy atom. The molecule has 2 N–H and O–H groups in total. The Hall–Kier alpha value is -1.00. The highest BCUT2D eigenvalue weighted by Crippen LogP contribution is 2.10. The molecule has 1 unspecified atom stereocenters. The smallest absolute Gasteiger partial charge is 0.191 e. The summed E-state index contributed by atoms with van der Waals surface area (Å²) in [5.74, 6) is 0.488. The predicted octanol–water partition coefficient (Wildman–Crippen LogP) is 3.04. The van der Waals surface area contributed by atoms with Crippen molar-refractivity contribution in [2.75, 3.05) is 45.9 Å². The molecule has 1 atom stereocenters. The number of halogens is 3. The number of benzene rings is 1. The van der Waals surface area contributed by atoms with Gasteiger partial charge in [0.1, 0.15) is 11.6 Å². The van der Waals surface area contributed by atoms with E-state index in [0.717, 1.165) is 44.9 Å².